The molecule has 2 N–H and O–H groups in total. The second-order valence-corrected chi connectivity index (χ2v) is 7.47. The highest BCUT2D eigenvalue weighted by Crippen LogP contribution is 2.28. The molecule has 0 aromatic rings. The lowest BCUT2D eigenvalue weighted by molar-refractivity contribution is 0.0487. The smallest absolute Gasteiger partial charge is 0.407 e. The van der Waals surface area contributed by atoms with Gasteiger partial charge in [0, 0.05) is 6.04 Å². The zero-order chi connectivity index (χ0) is 14.6. The molecule has 0 radical (unpaired) electrons. The van der Waals surface area contributed by atoms with E-state index in [1.165, 1.54) is 32.2 Å². The van der Waals surface area contributed by atoms with Crippen molar-refractivity contribution >= 4 is 6.09 Å². The van der Waals surface area contributed by atoms with Gasteiger partial charge in [-0.15, -0.1) is 0 Å². The average Bonchev–Trinajstić information content (AvgIpc) is 3.13. The molecular formula is C16H30N2O2. The van der Waals surface area contributed by atoms with E-state index >= 15 is 0 Å². The predicted molar refractivity (Wildman–Crippen MR) is 80.7 cm³/mol. The van der Waals surface area contributed by atoms with E-state index in [0.717, 1.165) is 31.2 Å². The van der Waals surface area contributed by atoms with E-state index in [1.807, 2.05) is 20.8 Å². The number of ether oxygens (including phenoxy) is 1. The fraction of sp³-hybridized carbons (Fsp3) is 0.938. The molecule has 0 spiro atoms. The van der Waals surface area contributed by atoms with Gasteiger partial charge in [-0.1, -0.05) is 0 Å². The summed E-state index contributed by atoms with van der Waals surface area (Å²) in [6, 6.07) is 0.296. The van der Waals surface area contributed by atoms with Crippen LogP contribution in [0.1, 0.15) is 59.3 Å². The van der Waals surface area contributed by atoms with Gasteiger partial charge in [-0.05, 0) is 84.2 Å². The Balaban J connectivity index is 1.57. The number of nitrogens with one attached hydrogen (secondary N) is 2. The minimum Gasteiger partial charge on any atom is -0.444 e. The molecule has 4 heteroatoms. The molecule has 20 heavy (non-hydrogen) atoms. The zero-order valence-corrected chi connectivity index (χ0v) is 13.2. The minimum absolute atomic E-state index is 0.271. The van der Waals surface area contributed by atoms with Crippen LogP contribution in [0.5, 0.6) is 0 Å². The summed E-state index contributed by atoms with van der Waals surface area (Å²) in [5.41, 5.74) is -0.409. The lowest BCUT2D eigenvalue weighted by Crippen LogP contribution is -2.41. The molecule has 2 aliphatic carbocycles. The molecular weight excluding hydrogens is 252 g/mol. The van der Waals surface area contributed by atoms with Gasteiger partial charge in [0.25, 0.3) is 0 Å². The van der Waals surface area contributed by atoms with Crippen LogP contribution in [0.4, 0.5) is 4.79 Å². The van der Waals surface area contributed by atoms with Crippen molar-refractivity contribution in [2.24, 2.45) is 11.8 Å². The SMILES string of the molecule is CC(C)(C)OC(=O)NC1CCC(CNCC2CC2)CC1. The highest BCUT2D eigenvalue weighted by atomic mass is 16.6. The number of carbonyl (C=O) groups is 1. The first kappa shape index (κ1) is 15.6. The fourth-order valence-electron chi connectivity index (χ4n) is 2.80. The molecule has 0 aliphatic heterocycles. The molecule has 2 aliphatic rings. The molecule has 116 valence electrons. The predicted octanol–water partition coefficient (Wildman–Crippen LogP) is 3.07. The van der Waals surface area contributed by atoms with Crippen LogP contribution in [0.3, 0.4) is 0 Å². The Labute approximate surface area is 123 Å². The van der Waals surface area contributed by atoms with E-state index in [0.29, 0.717) is 6.04 Å². The molecule has 0 unspecified atom stereocenters. The van der Waals surface area contributed by atoms with Crippen molar-refractivity contribution in [1.29, 1.82) is 0 Å². The number of alkyl carbamates (subject to hydrolysis) is 1. The lowest BCUT2D eigenvalue weighted by atomic mass is 9.86. The van der Waals surface area contributed by atoms with Gasteiger partial charge in [-0.3, -0.25) is 0 Å². The van der Waals surface area contributed by atoms with Crippen LogP contribution in [0.25, 0.3) is 0 Å². The maximum absolute atomic E-state index is 11.7. The van der Waals surface area contributed by atoms with Crippen LogP contribution in [0.2, 0.25) is 0 Å². The molecule has 0 heterocycles. The number of carbonyl (C=O) groups excluding carboxylic acids is 1. The van der Waals surface area contributed by atoms with E-state index in [2.05, 4.69) is 10.6 Å². The normalized spacial score (nSPS) is 27.1. The van der Waals surface area contributed by atoms with Gasteiger partial charge in [-0.25, -0.2) is 4.79 Å². The van der Waals surface area contributed by atoms with Gasteiger partial charge in [0.15, 0.2) is 0 Å². The van der Waals surface area contributed by atoms with Crippen molar-refractivity contribution in [2.45, 2.75) is 70.9 Å². The molecule has 0 saturated heterocycles. The van der Waals surface area contributed by atoms with Crippen molar-refractivity contribution in [2.75, 3.05) is 13.1 Å². The summed E-state index contributed by atoms with van der Waals surface area (Å²) in [6.45, 7) is 8.05. The Morgan fingerprint density at radius 3 is 1.95 bits per heavy atom. The lowest BCUT2D eigenvalue weighted by Gasteiger charge is -2.30. The van der Waals surface area contributed by atoms with Crippen LogP contribution >= 0.6 is 0 Å². The van der Waals surface area contributed by atoms with Gasteiger partial charge in [0.1, 0.15) is 5.60 Å². The Morgan fingerprint density at radius 2 is 1.50 bits per heavy atom. The third-order valence-electron chi connectivity index (χ3n) is 4.13. The average molecular weight is 282 g/mol. The standard InChI is InChI=1S/C16H30N2O2/c1-16(2,3)20-15(19)18-14-8-6-13(7-9-14)11-17-10-12-4-5-12/h12-14,17H,4-11H2,1-3H3,(H,18,19). The number of hydrogen-bond acceptors (Lipinski definition) is 3. The van der Waals surface area contributed by atoms with Crippen molar-refractivity contribution in [3.05, 3.63) is 0 Å². The summed E-state index contributed by atoms with van der Waals surface area (Å²) in [6.07, 6.45) is 7.13. The van der Waals surface area contributed by atoms with Gasteiger partial charge >= 0.3 is 6.09 Å². The second kappa shape index (κ2) is 6.79. The second-order valence-electron chi connectivity index (χ2n) is 7.47. The quantitative estimate of drug-likeness (QED) is 0.815. The van der Waals surface area contributed by atoms with E-state index in [-0.39, 0.29) is 6.09 Å². The molecule has 0 aromatic carbocycles. The van der Waals surface area contributed by atoms with Crippen LogP contribution in [0, 0.1) is 11.8 Å². The first-order valence-electron chi connectivity index (χ1n) is 8.12. The van der Waals surface area contributed by atoms with Crippen molar-refractivity contribution in [3.8, 4) is 0 Å². The van der Waals surface area contributed by atoms with Crippen LogP contribution in [-0.2, 0) is 4.74 Å². The van der Waals surface area contributed by atoms with Crippen LogP contribution < -0.4 is 10.6 Å². The Morgan fingerprint density at radius 1 is 1.00 bits per heavy atom. The van der Waals surface area contributed by atoms with E-state index < -0.39 is 5.60 Å². The molecule has 0 atom stereocenters. The maximum Gasteiger partial charge on any atom is 0.407 e. The minimum atomic E-state index is -0.409. The van der Waals surface area contributed by atoms with Crippen LogP contribution in [0.15, 0.2) is 0 Å². The summed E-state index contributed by atoms with van der Waals surface area (Å²) >= 11 is 0. The summed E-state index contributed by atoms with van der Waals surface area (Å²) in [5, 5.41) is 6.59. The highest BCUT2D eigenvalue weighted by molar-refractivity contribution is 5.68. The molecule has 1 amide bonds. The topological polar surface area (TPSA) is 50.4 Å². The monoisotopic (exact) mass is 282 g/mol. The van der Waals surface area contributed by atoms with E-state index in [1.54, 1.807) is 0 Å². The zero-order valence-electron chi connectivity index (χ0n) is 13.2. The van der Waals surface area contributed by atoms with Crippen molar-refractivity contribution in [3.63, 3.8) is 0 Å². The first-order valence-corrected chi connectivity index (χ1v) is 8.12. The van der Waals surface area contributed by atoms with E-state index in [9.17, 15) is 4.79 Å². The van der Waals surface area contributed by atoms with Crippen LogP contribution in [-0.4, -0.2) is 30.8 Å². The Kier molecular flexibility index (Phi) is 5.30. The third kappa shape index (κ3) is 6.12. The van der Waals surface area contributed by atoms with Gasteiger partial charge in [-0.2, -0.15) is 0 Å². The number of hydrogen-bond donors (Lipinski definition) is 2. The molecule has 0 aromatic heterocycles. The molecule has 2 saturated carbocycles. The molecule has 2 rings (SSSR count). The van der Waals surface area contributed by atoms with Gasteiger partial charge in [0.05, 0.1) is 0 Å². The summed E-state index contributed by atoms with van der Waals surface area (Å²) in [5.74, 6) is 1.74. The maximum atomic E-state index is 11.7. The fourth-order valence-corrected chi connectivity index (χ4v) is 2.80. The van der Waals surface area contributed by atoms with Gasteiger partial charge < -0.3 is 15.4 Å². The summed E-state index contributed by atoms with van der Waals surface area (Å²) < 4.78 is 5.30. The molecule has 2 fully saturated rings. The van der Waals surface area contributed by atoms with Crippen molar-refractivity contribution < 1.29 is 9.53 Å². The summed E-state index contributed by atoms with van der Waals surface area (Å²) in [7, 11) is 0. The Bertz CT molecular complexity index is 313. The summed E-state index contributed by atoms with van der Waals surface area (Å²) in [4.78, 5) is 11.7. The molecule has 4 nitrogen and oxygen atoms in total. The van der Waals surface area contributed by atoms with Gasteiger partial charge in [0.2, 0.25) is 0 Å². The third-order valence-corrected chi connectivity index (χ3v) is 4.13. The number of amides is 1. The first-order chi connectivity index (χ1) is 9.42. The Hall–Kier alpha value is -0.770. The highest BCUT2D eigenvalue weighted by Gasteiger charge is 2.25. The van der Waals surface area contributed by atoms with Crippen molar-refractivity contribution in [1.82, 2.24) is 10.6 Å². The largest absolute Gasteiger partial charge is 0.444 e. The number of rotatable bonds is 5. The molecule has 0 bridgehead atoms. The van der Waals surface area contributed by atoms with E-state index in [4.69, 9.17) is 4.74 Å².